The average molecular weight is 650 g/mol. The van der Waals surface area contributed by atoms with Crippen LogP contribution in [0.2, 0.25) is 4.34 Å². The van der Waals surface area contributed by atoms with Crippen molar-refractivity contribution in [3.05, 3.63) is 79.5 Å². The maximum atomic E-state index is 14.2. The van der Waals surface area contributed by atoms with Gasteiger partial charge in [0.1, 0.15) is 10.0 Å². The van der Waals surface area contributed by atoms with Crippen LogP contribution in [0.15, 0.2) is 62.3 Å². The molecule has 0 fully saturated rings. The van der Waals surface area contributed by atoms with Gasteiger partial charge in [0, 0.05) is 12.7 Å². The van der Waals surface area contributed by atoms with E-state index in [1.54, 1.807) is 0 Å². The number of fused-ring (bicyclic) bond motifs is 1. The fourth-order valence-electron chi connectivity index (χ4n) is 3.15. The summed E-state index contributed by atoms with van der Waals surface area (Å²) in [6.45, 7) is 0. The van der Waals surface area contributed by atoms with Crippen molar-refractivity contribution >= 4 is 84.1 Å². The predicted molar refractivity (Wildman–Crippen MR) is 141 cm³/mol. The fourth-order valence-corrected chi connectivity index (χ4v) is 6.80. The first-order valence-corrected chi connectivity index (χ1v) is 13.2. The number of anilines is 2. The highest BCUT2D eigenvalue weighted by atomic mass is 127. The van der Waals surface area contributed by atoms with Crippen molar-refractivity contribution in [2.24, 2.45) is 0 Å². The van der Waals surface area contributed by atoms with E-state index in [2.05, 4.69) is 15.6 Å². The Labute approximate surface area is 219 Å². The summed E-state index contributed by atoms with van der Waals surface area (Å²) in [6, 6.07) is 9.62. The minimum Gasteiger partial charge on any atom is -0.386 e. The van der Waals surface area contributed by atoms with Crippen molar-refractivity contribution in [1.82, 2.24) is 12.1 Å². The standard InChI is InChI=1S/C20H14ClFIN5O5S2/c1-24-15-9-14-12(8-13(15)22)18(29)27(19(30)26-14)11-4-2-10(3-5-11)25-20(31)28(23)35(32,33)17-7-6-16(21)34-17/h2-9,24H,1H3,(H,25,31)(H,26,30). The number of nitrogens with zero attached hydrogens (tertiary/aromatic N) is 2. The van der Waals surface area contributed by atoms with Crippen LogP contribution in [-0.2, 0) is 10.0 Å². The van der Waals surface area contributed by atoms with Gasteiger partial charge in [0.25, 0.3) is 15.6 Å². The van der Waals surface area contributed by atoms with E-state index in [-0.39, 0.29) is 36.5 Å². The zero-order chi connectivity index (χ0) is 25.5. The maximum absolute atomic E-state index is 14.2. The molecule has 10 nitrogen and oxygen atoms in total. The number of thiophene rings is 1. The Balaban J connectivity index is 1.61. The molecule has 35 heavy (non-hydrogen) atoms. The van der Waals surface area contributed by atoms with Gasteiger partial charge < -0.3 is 15.6 Å². The molecule has 2 amide bonds. The van der Waals surface area contributed by atoms with E-state index in [1.807, 2.05) is 0 Å². The van der Waals surface area contributed by atoms with Crippen LogP contribution in [-0.4, -0.2) is 33.6 Å². The molecule has 0 aliphatic rings. The van der Waals surface area contributed by atoms with Crippen LogP contribution >= 0.6 is 45.8 Å². The lowest BCUT2D eigenvalue weighted by Crippen LogP contribution is -2.33. The molecule has 15 heteroatoms. The normalized spacial score (nSPS) is 11.4. The summed E-state index contributed by atoms with van der Waals surface area (Å²) in [6.07, 6.45) is 0. The number of hydrogen-bond donors (Lipinski definition) is 3. The number of hydrogen-bond acceptors (Lipinski definition) is 7. The third kappa shape index (κ3) is 4.78. The number of urea groups is 1. The Kier molecular flexibility index (Phi) is 6.90. The Morgan fingerprint density at radius 3 is 2.46 bits per heavy atom. The van der Waals surface area contributed by atoms with Gasteiger partial charge in [0.05, 0.1) is 49.5 Å². The molecular weight excluding hydrogens is 636 g/mol. The van der Waals surface area contributed by atoms with Gasteiger partial charge in [-0.1, -0.05) is 11.6 Å². The number of nitrogens with one attached hydrogen (secondary N) is 3. The number of benzene rings is 2. The van der Waals surface area contributed by atoms with E-state index < -0.39 is 33.1 Å². The lowest BCUT2D eigenvalue weighted by Gasteiger charge is -2.15. The van der Waals surface area contributed by atoms with Crippen LogP contribution in [0.4, 0.5) is 20.6 Å². The van der Waals surface area contributed by atoms with E-state index in [1.165, 1.54) is 72.4 Å². The molecular formula is C20H14ClFIN5O5S2. The van der Waals surface area contributed by atoms with Crippen LogP contribution in [0, 0.1) is 5.82 Å². The molecule has 4 rings (SSSR count). The van der Waals surface area contributed by atoms with Crippen molar-refractivity contribution in [3.8, 4) is 5.69 Å². The van der Waals surface area contributed by atoms with Gasteiger partial charge in [-0.25, -0.2) is 18.5 Å². The molecule has 0 unspecified atom stereocenters. The molecule has 0 radical (unpaired) electrons. The largest absolute Gasteiger partial charge is 0.386 e. The first-order chi connectivity index (χ1) is 16.5. The minimum atomic E-state index is -4.11. The maximum Gasteiger partial charge on any atom is 0.345 e. The van der Waals surface area contributed by atoms with Crippen LogP contribution in [0.25, 0.3) is 16.6 Å². The van der Waals surface area contributed by atoms with Crippen molar-refractivity contribution in [3.63, 3.8) is 0 Å². The number of carbonyl (C=O) groups excluding carboxylic acids is 1. The highest BCUT2D eigenvalue weighted by Gasteiger charge is 2.29. The van der Waals surface area contributed by atoms with Gasteiger partial charge in [0.15, 0.2) is 0 Å². The summed E-state index contributed by atoms with van der Waals surface area (Å²) in [4.78, 5) is 40.5. The van der Waals surface area contributed by atoms with Crippen LogP contribution in [0.5, 0.6) is 0 Å². The molecule has 182 valence electrons. The monoisotopic (exact) mass is 649 g/mol. The number of amides is 2. The number of halogens is 3. The average Bonchev–Trinajstić information content (AvgIpc) is 3.27. The summed E-state index contributed by atoms with van der Waals surface area (Å²) in [7, 11) is -2.60. The zero-order valence-corrected chi connectivity index (χ0v) is 22.1. The molecule has 2 aromatic heterocycles. The lowest BCUT2D eigenvalue weighted by molar-refractivity contribution is 0.250. The third-order valence-corrected chi connectivity index (χ3v) is 9.94. The van der Waals surface area contributed by atoms with Gasteiger partial charge >= 0.3 is 11.7 Å². The zero-order valence-electron chi connectivity index (χ0n) is 17.5. The van der Waals surface area contributed by atoms with E-state index >= 15 is 0 Å². The van der Waals surface area contributed by atoms with Crippen molar-refractivity contribution in [2.45, 2.75) is 4.21 Å². The smallest absolute Gasteiger partial charge is 0.345 e. The molecule has 4 aromatic rings. The van der Waals surface area contributed by atoms with Gasteiger partial charge in [-0.2, -0.15) is 10.9 Å². The molecule has 0 aliphatic heterocycles. The minimum absolute atomic E-state index is 0.0297. The number of aromatic amines is 1. The number of H-pyrrole nitrogens is 1. The second kappa shape index (κ2) is 9.60. The molecule has 3 N–H and O–H groups in total. The number of aromatic nitrogens is 2. The highest BCUT2D eigenvalue weighted by molar-refractivity contribution is 14.1. The molecule has 0 bridgehead atoms. The quantitative estimate of drug-likeness (QED) is 0.220. The molecule has 0 saturated carbocycles. The summed E-state index contributed by atoms with van der Waals surface area (Å²) >= 11 is 7.96. The SMILES string of the molecule is CNc1cc2[nH]c(=O)n(-c3ccc(NC(=O)N(I)S(=O)(=O)c4ccc(Cl)s4)cc3)c(=O)c2cc1F. The Bertz CT molecular complexity index is 1690. The van der Waals surface area contributed by atoms with E-state index in [0.29, 0.717) is 2.52 Å². The highest BCUT2D eigenvalue weighted by Crippen LogP contribution is 2.30. The second-order valence-electron chi connectivity index (χ2n) is 6.95. The molecule has 2 aromatic carbocycles. The van der Waals surface area contributed by atoms with Crippen molar-refractivity contribution in [2.75, 3.05) is 17.7 Å². The predicted octanol–water partition coefficient (Wildman–Crippen LogP) is 4.15. The molecule has 0 saturated heterocycles. The Morgan fingerprint density at radius 1 is 1.17 bits per heavy atom. The first kappa shape index (κ1) is 25.2. The summed E-state index contributed by atoms with van der Waals surface area (Å²) in [5, 5.41) is 5.03. The molecule has 0 spiro atoms. The van der Waals surface area contributed by atoms with E-state index in [4.69, 9.17) is 11.6 Å². The van der Waals surface area contributed by atoms with Crippen molar-refractivity contribution < 1.29 is 17.6 Å². The summed E-state index contributed by atoms with van der Waals surface area (Å²) in [5.41, 5.74) is -0.829. The fraction of sp³-hybridized carbons (Fsp3) is 0.0500. The summed E-state index contributed by atoms with van der Waals surface area (Å²) in [5.74, 6) is -0.656. The van der Waals surface area contributed by atoms with Crippen molar-refractivity contribution in [1.29, 1.82) is 0 Å². The Morgan fingerprint density at radius 2 is 1.86 bits per heavy atom. The third-order valence-electron chi connectivity index (χ3n) is 4.80. The summed E-state index contributed by atoms with van der Waals surface area (Å²) < 4.78 is 40.8. The van der Waals surface area contributed by atoms with E-state index in [9.17, 15) is 27.2 Å². The van der Waals surface area contributed by atoms with Crippen LogP contribution in [0.3, 0.4) is 0 Å². The van der Waals surface area contributed by atoms with Gasteiger partial charge in [-0.05, 0) is 48.5 Å². The topological polar surface area (TPSA) is 133 Å². The van der Waals surface area contributed by atoms with Gasteiger partial charge in [-0.15, -0.1) is 11.3 Å². The molecule has 0 atom stereocenters. The van der Waals surface area contributed by atoms with E-state index in [0.717, 1.165) is 22.0 Å². The molecule has 2 heterocycles. The first-order valence-electron chi connectivity index (χ1n) is 9.57. The number of carbonyl (C=O) groups is 1. The Hall–Kier alpha value is -2.95. The number of sulfonamides is 1. The van der Waals surface area contributed by atoms with Gasteiger partial charge in [-0.3, -0.25) is 4.79 Å². The lowest BCUT2D eigenvalue weighted by atomic mass is 10.2. The van der Waals surface area contributed by atoms with Crippen LogP contribution in [0.1, 0.15) is 0 Å². The van der Waals surface area contributed by atoms with Crippen LogP contribution < -0.4 is 21.9 Å². The number of rotatable bonds is 5. The second-order valence-corrected chi connectivity index (χ2v) is 12.3. The molecule has 0 aliphatic carbocycles. The van der Waals surface area contributed by atoms with Gasteiger partial charge in [0.2, 0.25) is 0 Å².